The van der Waals surface area contributed by atoms with E-state index in [1.54, 1.807) is 25.1 Å². The van der Waals surface area contributed by atoms with Crippen molar-refractivity contribution in [2.24, 2.45) is 0 Å². The zero-order chi connectivity index (χ0) is 24.0. The second-order valence-corrected chi connectivity index (χ2v) is 9.10. The minimum atomic E-state index is -3.78. The number of nitrogens with one attached hydrogen (secondary N) is 3. The van der Waals surface area contributed by atoms with Gasteiger partial charge in [-0.2, -0.15) is 0 Å². The second kappa shape index (κ2) is 10.3. The van der Waals surface area contributed by atoms with Crippen LogP contribution in [0.4, 0.5) is 0 Å². The number of benzene rings is 2. The summed E-state index contributed by atoms with van der Waals surface area (Å²) in [5, 5.41) is 0. The molecule has 2 amide bonds. The van der Waals surface area contributed by atoms with Gasteiger partial charge in [0.1, 0.15) is 11.5 Å². The summed E-state index contributed by atoms with van der Waals surface area (Å²) >= 11 is 0. The van der Waals surface area contributed by atoms with Gasteiger partial charge in [-0.25, -0.2) is 13.1 Å². The van der Waals surface area contributed by atoms with Crippen molar-refractivity contribution in [3.8, 4) is 5.75 Å². The maximum Gasteiger partial charge on any atom is 0.279 e. The van der Waals surface area contributed by atoms with E-state index in [9.17, 15) is 18.0 Å². The van der Waals surface area contributed by atoms with Gasteiger partial charge in [0.15, 0.2) is 6.10 Å². The first-order valence-electron chi connectivity index (χ1n) is 10.1. The SMILES string of the molecule is Cc1cccc(OC(C)C(=O)NNC(=O)c2ccc(S(=O)(=O)NCc3ccco3)cc2)c1C. The molecular formula is C23H25N3O6S. The lowest BCUT2D eigenvalue weighted by Gasteiger charge is -2.17. The van der Waals surface area contributed by atoms with Crippen LogP contribution in [0.3, 0.4) is 0 Å². The number of furan rings is 1. The number of hydrogen-bond acceptors (Lipinski definition) is 6. The van der Waals surface area contributed by atoms with Crippen molar-refractivity contribution in [1.29, 1.82) is 0 Å². The first-order chi connectivity index (χ1) is 15.7. The van der Waals surface area contributed by atoms with Crippen LogP contribution in [0, 0.1) is 13.8 Å². The number of sulfonamides is 1. The standard InChI is InChI=1S/C23H25N3O6S/c1-15-6-4-8-21(16(15)2)32-17(3)22(27)25-26-23(28)18-9-11-20(12-10-18)33(29,30)24-14-19-7-5-13-31-19/h4-13,17,24H,14H2,1-3H3,(H,25,27)(H,26,28). The topological polar surface area (TPSA) is 127 Å². The minimum absolute atomic E-state index is 0.00589. The number of amides is 2. The zero-order valence-corrected chi connectivity index (χ0v) is 19.2. The van der Waals surface area contributed by atoms with Crippen LogP contribution in [-0.4, -0.2) is 26.3 Å². The summed E-state index contributed by atoms with van der Waals surface area (Å²) in [5.74, 6) is -0.0807. The Morgan fingerprint density at radius 1 is 1.00 bits per heavy atom. The van der Waals surface area contributed by atoms with Crippen molar-refractivity contribution < 1.29 is 27.2 Å². The average Bonchev–Trinajstić information content (AvgIpc) is 3.33. The van der Waals surface area contributed by atoms with Gasteiger partial charge in [-0.1, -0.05) is 12.1 Å². The van der Waals surface area contributed by atoms with E-state index >= 15 is 0 Å². The molecule has 3 N–H and O–H groups in total. The Kier molecular flexibility index (Phi) is 7.52. The lowest BCUT2D eigenvalue weighted by molar-refractivity contribution is -0.128. The number of hydrogen-bond donors (Lipinski definition) is 3. The van der Waals surface area contributed by atoms with Crippen molar-refractivity contribution in [1.82, 2.24) is 15.6 Å². The highest BCUT2D eigenvalue weighted by Crippen LogP contribution is 2.21. The first-order valence-corrected chi connectivity index (χ1v) is 11.6. The molecule has 0 bridgehead atoms. The quantitative estimate of drug-likeness (QED) is 0.434. The normalized spacial score (nSPS) is 12.1. The molecule has 1 heterocycles. The molecular weight excluding hydrogens is 446 g/mol. The molecule has 1 aromatic heterocycles. The summed E-state index contributed by atoms with van der Waals surface area (Å²) in [7, 11) is -3.78. The fourth-order valence-electron chi connectivity index (χ4n) is 2.84. The summed E-state index contributed by atoms with van der Waals surface area (Å²) < 4.78 is 37.9. The van der Waals surface area contributed by atoms with Crippen molar-refractivity contribution >= 4 is 21.8 Å². The Hall–Kier alpha value is -3.63. The van der Waals surface area contributed by atoms with Crippen LogP contribution in [0.1, 0.15) is 34.2 Å². The van der Waals surface area contributed by atoms with Gasteiger partial charge >= 0.3 is 0 Å². The van der Waals surface area contributed by atoms with Crippen LogP contribution in [0.2, 0.25) is 0 Å². The summed E-state index contributed by atoms with van der Waals surface area (Å²) in [6.45, 7) is 5.41. The molecule has 0 aliphatic rings. The fraction of sp³-hybridized carbons (Fsp3) is 0.217. The Morgan fingerprint density at radius 3 is 2.39 bits per heavy atom. The number of rotatable bonds is 8. The van der Waals surface area contributed by atoms with Gasteiger partial charge in [-0.15, -0.1) is 0 Å². The molecule has 1 atom stereocenters. The van der Waals surface area contributed by atoms with Gasteiger partial charge in [-0.3, -0.25) is 20.4 Å². The van der Waals surface area contributed by atoms with Crippen LogP contribution >= 0.6 is 0 Å². The van der Waals surface area contributed by atoms with Crippen LogP contribution in [0.5, 0.6) is 5.75 Å². The molecule has 3 aromatic rings. The molecule has 33 heavy (non-hydrogen) atoms. The number of aryl methyl sites for hydroxylation is 1. The molecule has 0 spiro atoms. The van der Waals surface area contributed by atoms with Gasteiger partial charge in [0.2, 0.25) is 10.0 Å². The van der Waals surface area contributed by atoms with Gasteiger partial charge in [0, 0.05) is 5.56 Å². The van der Waals surface area contributed by atoms with Crippen LogP contribution in [-0.2, 0) is 21.4 Å². The van der Waals surface area contributed by atoms with E-state index in [-0.39, 0.29) is 17.0 Å². The van der Waals surface area contributed by atoms with E-state index < -0.39 is 27.9 Å². The highest BCUT2D eigenvalue weighted by Gasteiger charge is 2.18. The van der Waals surface area contributed by atoms with E-state index in [0.29, 0.717) is 11.5 Å². The average molecular weight is 472 g/mol. The highest BCUT2D eigenvalue weighted by atomic mass is 32.2. The molecule has 0 aliphatic carbocycles. The molecule has 3 rings (SSSR count). The Bertz CT molecular complexity index is 1220. The van der Waals surface area contributed by atoms with E-state index in [1.807, 2.05) is 26.0 Å². The molecule has 1 unspecified atom stereocenters. The first kappa shape index (κ1) is 24.0. The lowest BCUT2D eigenvalue weighted by atomic mass is 10.1. The van der Waals surface area contributed by atoms with E-state index in [2.05, 4.69) is 15.6 Å². The summed E-state index contributed by atoms with van der Waals surface area (Å²) in [5.41, 5.74) is 6.74. The van der Waals surface area contributed by atoms with E-state index in [1.165, 1.54) is 30.5 Å². The van der Waals surface area contributed by atoms with Gasteiger partial charge in [-0.05, 0) is 74.4 Å². The lowest BCUT2D eigenvalue weighted by Crippen LogP contribution is -2.47. The molecule has 0 saturated heterocycles. The number of carbonyl (C=O) groups excluding carboxylic acids is 2. The number of carbonyl (C=O) groups is 2. The Balaban J connectivity index is 1.53. The van der Waals surface area contributed by atoms with Gasteiger partial charge < -0.3 is 9.15 Å². The monoisotopic (exact) mass is 471 g/mol. The van der Waals surface area contributed by atoms with E-state index in [0.717, 1.165) is 11.1 Å². The van der Waals surface area contributed by atoms with Gasteiger partial charge in [0.25, 0.3) is 11.8 Å². The second-order valence-electron chi connectivity index (χ2n) is 7.33. The predicted molar refractivity (Wildman–Crippen MR) is 121 cm³/mol. The molecule has 0 radical (unpaired) electrons. The smallest absolute Gasteiger partial charge is 0.279 e. The summed E-state index contributed by atoms with van der Waals surface area (Å²) in [6.07, 6.45) is 0.602. The molecule has 10 heteroatoms. The molecule has 174 valence electrons. The molecule has 0 saturated carbocycles. The maximum absolute atomic E-state index is 12.4. The summed E-state index contributed by atoms with van der Waals surface area (Å²) in [6, 6.07) is 14.1. The third kappa shape index (κ3) is 6.21. The van der Waals surface area contributed by atoms with E-state index in [4.69, 9.17) is 9.15 Å². The van der Waals surface area contributed by atoms with Crippen molar-refractivity contribution in [3.05, 3.63) is 83.3 Å². The summed E-state index contributed by atoms with van der Waals surface area (Å²) in [4.78, 5) is 24.6. The fourth-order valence-corrected chi connectivity index (χ4v) is 3.83. The molecule has 9 nitrogen and oxygen atoms in total. The molecule has 2 aromatic carbocycles. The molecule has 0 aliphatic heterocycles. The number of hydrazine groups is 1. The Labute approximate surface area is 192 Å². The van der Waals surface area contributed by atoms with Crippen LogP contribution in [0.15, 0.2) is 70.2 Å². The highest BCUT2D eigenvalue weighted by molar-refractivity contribution is 7.89. The van der Waals surface area contributed by atoms with Crippen molar-refractivity contribution in [2.75, 3.05) is 0 Å². The third-order valence-electron chi connectivity index (χ3n) is 4.97. The van der Waals surface area contributed by atoms with Gasteiger partial charge in [0.05, 0.1) is 17.7 Å². The largest absolute Gasteiger partial charge is 0.481 e. The van der Waals surface area contributed by atoms with Crippen LogP contribution in [0.25, 0.3) is 0 Å². The van der Waals surface area contributed by atoms with Crippen LogP contribution < -0.4 is 20.3 Å². The Morgan fingerprint density at radius 2 is 1.73 bits per heavy atom. The third-order valence-corrected chi connectivity index (χ3v) is 6.39. The zero-order valence-electron chi connectivity index (χ0n) is 18.4. The predicted octanol–water partition coefficient (Wildman–Crippen LogP) is 2.60. The number of ether oxygens (including phenoxy) is 1. The maximum atomic E-state index is 12.4. The minimum Gasteiger partial charge on any atom is -0.481 e. The van der Waals surface area contributed by atoms with Crippen molar-refractivity contribution in [3.63, 3.8) is 0 Å². The molecule has 0 fully saturated rings. The van der Waals surface area contributed by atoms with Crippen molar-refractivity contribution in [2.45, 2.75) is 38.3 Å².